The molecule has 120 valence electrons. The molecule has 2 heterocycles. The molecule has 7 heteroatoms. The number of rotatable bonds is 3. The molecule has 0 aromatic carbocycles. The first kappa shape index (κ1) is 15.0. The highest BCUT2D eigenvalue weighted by atomic mass is 16.2. The van der Waals surface area contributed by atoms with Crippen LogP contribution >= 0.6 is 0 Å². The van der Waals surface area contributed by atoms with Gasteiger partial charge in [0.15, 0.2) is 0 Å². The molecule has 1 N–H and O–H groups in total. The summed E-state index contributed by atoms with van der Waals surface area (Å²) in [7, 11) is 0. The van der Waals surface area contributed by atoms with Crippen LogP contribution in [0.1, 0.15) is 51.2 Å². The van der Waals surface area contributed by atoms with Gasteiger partial charge in [-0.25, -0.2) is 9.67 Å². The van der Waals surface area contributed by atoms with Crippen LogP contribution in [0.25, 0.3) is 0 Å². The Bertz CT molecular complexity index is 603. The van der Waals surface area contributed by atoms with E-state index in [0.717, 1.165) is 6.42 Å². The van der Waals surface area contributed by atoms with E-state index in [1.807, 2.05) is 25.7 Å². The van der Waals surface area contributed by atoms with Gasteiger partial charge in [0.2, 0.25) is 11.7 Å². The number of likely N-dealkylation sites (tertiary alicyclic amines) is 1. The van der Waals surface area contributed by atoms with Crippen molar-refractivity contribution in [1.29, 1.82) is 0 Å². The lowest BCUT2D eigenvalue weighted by Crippen LogP contribution is -2.38. The summed E-state index contributed by atoms with van der Waals surface area (Å²) in [5, 5.41) is 7.09. The van der Waals surface area contributed by atoms with E-state index in [-0.39, 0.29) is 29.2 Å². The van der Waals surface area contributed by atoms with Gasteiger partial charge in [-0.2, -0.15) is 0 Å². The largest absolute Gasteiger partial charge is 0.344 e. The lowest BCUT2D eigenvalue weighted by Gasteiger charge is -2.18. The summed E-state index contributed by atoms with van der Waals surface area (Å²) >= 11 is 0. The predicted octanol–water partition coefficient (Wildman–Crippen LogP) is 0.772. The fraction of sp³-hybridized carbons (Fsp3) is 0.733. The van der Waals surface area contributed by atoms with E-state index in [9.17, 15) is 9.59 Å². The van der Waals surface area contributed by atoms with Gasteiger partial charge in [-0.15, -0.1) is 5.10 Å². The van der Waals surface area contributed by atoms with Crippen molar-refractivity contribution in [2.75, 3.05) is 6.54 Å². The number of aromatic nitrogens is 3. The molecule has 2 amide bonds. The highest BCUT2D eigenvalue weighted by Gasteiger charge is 2.45. The van der Waals surface area contributed by atoms with Gasteiger partial charge in [-0.3, -0.25) is 9.59 Å². The SMILES string of the molecule is CC1CC1N1CC(NC(=O)c2ncn(C(C)(C)C)n2)CC1=O. The molecular weight excluding hydrogens is 282 g/mol. The van der Waals surface area contributed by atoms with Gasteiger partial charge in [0.1, 0.15) is 6.33 Å². The van der Waals surface area contributed by atoms with Crippen LogP contribution in [0.2, 0.25) is 0 Å². The number of nitrogens with zero attached hydrogens (tertiary/aromatic N) is 4. The second-order valence-electron chi connectivity index (χ2n) is 7.38. The van der Waals surface area contributed by atoms with Crippen molar-refractivity contribution >= 4 is 11.8 Å². The van der Waals surface area contributed by atoms with Crippen molar-refractivity contribution in [1.82, 2.24) is 25.0 Å². The smallest absolute Gasteiger partial charge is 0.291 e. The molecule has 1 aliphatic carbocycles. The van der Waals surface area contributed by atoms with Crippen molar-refractivity contribution in [3.8, 4) is 0 Å². The fourth-order valence-electron chi connectivity index (χ4n) is 2.83. The molecule has 1 saturated carbocycles. The summed E-state index contributed by atoms with van der Waals surface area (Å²) in [6.07, 6.45) is 3.01. The molecule has 2 aliphatic rings. The van der Waals surface area contributed by atoms with Crippen molar-refractivity contribution in [2.45, 2.75) is 58.2 Å². The maximum atomic E-state index is 12.2. The first-order valence-corrected chi connectivity index (χ1v) is 7.78. The number of carbonyl (C=O) groups is 2. The zero-order valence-corrected chi connectivity index (χ0v) is 13.5. The summed E-state index contributed by atoms with van der Waals surface area (Å²) in [5.41, 5.74) is -0.215. The molecule has 1 aliphatic heterocycles. The average Bonchev–Trinajstić information content (AvgIpc) is 2.86. The molecule has 0 radical (unpaired) electrons. The zero-order chi connectivity index (χ0) is 16.1. The third kappa shape index (κ3) is 2.84. The van der Waals surface area contributed by atoms with Gasteiger partial charge >= 0.3 is 0 Å². The summed E-state index contributed by atoms with van der Waals surface area (Å²) in [6.45, 7) is 8.72. The van der Waals surface area contributed by atoms with Crippen LogP contribution in [0.15, 0.2) is 6.33 Å². The molecule has 1 saturated heterocycles. The van der Waals surface area contributed by atoms with Crippen LogP contribution in [-0.4, -0.2) is 50.1 Å². The van der Waals surface area contributed by atoms with Gasteiger partial charge < -0.3 is 10.2 Å². The maximum absolute atomic E-state index is 12.2. The third-order valence-corrected chi connectivity index (χ3v) is 4.34. The van der Waals surface area contributed by atoms with Crippen molar-refractivity contribution in [2.24, 2.45) is 5.92 Å². The van der Waals surface area contributed by atoms with Crippen molar-refractivity contribution in [3.05, 3.63) is 12.2 Å². The quantitative estimate of drug-likeness (QED) is 0.894. The third-order valence-electron chi connectivity index (χ3n) is 4.34. The average molecular weight is 305 g/mol. The molecule has 0 spiro atoms. The number of amides is 2. The highest BCUT2D eigenvalue weighted by Crippen LogP contribution is 2.37. The van der Waals surface area contributed by atoms with E-state index in [2.05, 4.69) is 22.3 Å². The minimum absolute atomic E-state index is 0.132. The molecule has 3 unspecified atom stereocenters. The Morgan fingerprint density at radius 3 is 2.64 bits per heavy atom. The lowest BCUT2D eigenvalue weighted by atomic mass is 10.1. The van der Waals surface area contributed by atoms with Crippen LogP contribution in [-0.2, 0) is 10.3 Å². The fourth-order valence-corrected chi connectivity index (χ4v) is 2.83. The molecule has 3 atom stereocenters. The van der Waals surface area contributed by atoms with Crippen LogP contribution < -0.4 is 5.32 Å². The Morgan fingerprint density at radius 2 is 2.09 bits per heavy atom. The Labute approximate surface area is 130 Å². The molecule has 7 nitrogen and oxygen atoms in total. The van der Waals surface area contributed by atoms with E-state index in [1.165, 1.54) is 0 Å². The minimum atomic E-state index is -0.313. The predicted molar refractivity (Wildman–Crippen MR) is 80.2 cm³/mol. The molecule has 3 rings (SSSR count). The van der Waals surface area contributed by atoms with Crippen LogP contribution in [0, 0.1) is 5.92 Å². The van der Waals surface area contributed by atoms with Gasteiger partial charge in [0, 0.05) is 19.0 Å². The van der Waals surface area contributed by atoms with Crippen molar-refractivity contribution < 1.29 is 9.59 Å². The topological polar surface area (TPSA) is 80.1 Å². The summed E-state index contributed by atoms with van der Waals surface area (Å²) in [4.78, 5) is 30.2. The molecule has 1 aromatic rings. The molecular formula is C15H23N5O2. The maximum Gasteiger partial charge on any atom is 0.291 e. The highest BCUT2D eigenvalue weighted by molar-refractivity contribution is 5.91. The second kappa shape index (κ2) is 5.07. The van der Waals surface area contributed by atoms with Gasteiger partial charge in [-0.1, -0.05) is 6.92 Å². The van der Waals surface area contributed by atoms with Crippen LogP contribution in [0.5, 0.6) is 0 Å². The first-order chi connectivity index (χ1) is 10.3. The van der Waals surface area contributed by atoms with E-state index in [0.29, 0.717) is 24.9 Å². The first-order valence-electron chi connectivity index (χ1n) is 7.78. The second-order valence-corrected chi connectivity index (χ2v) is 7.38. The number of carbonyl (C=O) groups excluding carboxylic acids is 2. The zero-order valence-electron chi connectivity index (χ0n) is 13.5. The van der Waals surface area contributed by atoms with E-state index < -0.39 is 0 Å². The summed E-state index contributed by atoms with van der Waals surface area (Å²) in [5.74, 6) is 0.558. The Morgan fingerprint density at radius 1 is 1.41 bits per heavy atom. The minimum Gasteiger partial charge on any atom is -0.344 e. The Hall–Kier alpha value is -1.92. The van der Waals surface area contributed by atoms with E-state index in [4.69, 9.17) is 0 Å². The van der Waals surface area contributed by atoms with E-state index >= 15 is 0 Å². The monoisotopic (exact) mass is 305 g/mol. The van der Waals surface area contributed by atoms with Gasteiger partial charge in [0.25, 0.3) is 5.91 Å². The number of nitrogens with one attached hydrogen (secondary N) is 1. The molecule has 1 aromatic heterocycles. The summed E-state index contributed by atoms with van der Waals surface area (Å²) in [6, 6.07) is 0.224. The van der Waals surface area contributed by atoms with Crippen LogP contribution in [0.4, 0.5) is 0 Å². The van der Waals surface area contributed by atoms with Gasteiger partial charge in [0.05, 0.1) is 11.6 Å². The van der Waals surface area contributed by atoms with Crippen molar-refractivity contribution in [3.63, 3.8) is 0 Å². The number of hydrogen-bond acceptors (Lipinski definition) is 4. The lowest BCUT2D eigenvalue weighted by molar-refractivity contribution is -0.128. The normalized spacial score (nSPS) is 28.1. The number of hydrogen-bond donors (Lipinski definition) is 1. The van der Waals surface area contributed by atoms with E-state index in [1.54, 1.807) is 11.0 Å². The standard InChI is InChI=1S/C15H23N5O2/c1-9-5-11(9)19-7-10(6-12(19)21)17-14(22)13-16-8-20(18-13)15(2,3)4/h8-11H,5-7H2,1-4H3,(H,17,22). The Kier molecular flexibility index (Phi) is 3.45. The molecule has 0 bridgehead atoms. The van der Waals surface area contributed by atoms with Crippen LogP contribution in [0.3, 0.4) is 0 Å². The molecule has 2 fully saturated rings. The molecule has 22 heavy (non-hydrogen) atoms. The van der Waals surface area contributed by atoms with Gasteiger partial charge in [-0.05, 0) is 33.1 Å². The summed E-state index contributed by atoms with van der Waals surface area (Å²) < 4.78 is 1.67. The Balaban J connectivity index is 1.60.